The second kappa shape index (κ2) is 8.40. The minimum atomic E-state index is -1.18. The Hall–Kier alpha value is -2.90. The van der Waals surface area contributed by atoms with Gasteiger partial charge in [-0.05, 0) is 19.1 Å². The van der Waals surface area contributed by atoms with E-state index in [2.05, 4.69) is 16.0 Å². The SMILES string of the molecule is C[C@H](NC(=O)CNC(=O)c1ccccc1)C(=O)NCC(=O)O. The number of hydrogen-bond acceptors (Lipinski definition) is 4. The number of amides is 3. The first-order valence-electron chi connectivity index (χ1n) is 6.52. The monoisotopic (exact) mass is 307 g/mol. The van der Waals surface area contributed by atoms with Gasteiger partial charge in [-0.25, -0.2) is 0 Å². The summed E-state index contributed by atoms with van der Waals surface area (Å²) in [5, 5.41) is 15.3. The molecule has 0 spiro atoms. The van der Waals surface area contributed by atoms with Crippen molar-refractivity contribution in [2.45, 2.75) is 13.0 Å². The Balaban J connectivity index is 2.35. The molecule has 0 saturated carbocycles. The van der Waals surface area contributed by atoms with E-state index < -0.39 is 36.3 Å². The highest BCUT2D eigenvalue weighted by molar-refractivity contribution is 5.97. The molecule has 1 aromatic carbocycles. The lowest BCUT2D eigenvalue weighted by Gasteiger charge is -2.13. The number of aliphatic carboxylic acids is 1. The van der Waals surface area contributed by atoms with Gasteiger partial charge in [-0.15, -0.1) is 0 Å². The number of nitrogens with one attached hydrogen (secondary N) is 3. The van der Waals surface area contributed by atoms with Crippen LogP contribution in [0.3, 0.4) is 0 Å². The second-order valence-corrected chi connectivity index (χ2v) is 4.45. The fourth-order valence-corrected chi connectivity index (χ4v) is 1.53. The highest BCUT2D eigenvalue weighted by Gasteiger charge is 2.16. The van der Waals surface area contributed by atoms with Crippen molar-refractivity contribution in [3.05, 3.63) is 35.9 Å². The molecule has 118 valence electrons. The third-order valence-electron chi connectivity index (χ3n) is 2.63. The lowest BCUT2D eigenvalue weighted by Crippen LogP contribution is -2.48. The summed E-state index contributed by atoms with van der Waals surface area (Å²) in [6.07, 6.45) is 0. The van der Waals surface area contributed by atoms with Crippen LogP contribution in [-0.2, 0) is 14.4 Å². The molecule has 0 aromatic heterocycles. The molecule has 1 rings (SSSR count). The summed E-state index contributed by atoms with van der Waals surface area (Å²) in [6.45, 7) is 0.599. The van der Waals surface area contributed by atoms with E-state index >= 15 is 0 Å². The Morgan fingerprint density at radius 2 is 1.68 bits per heavy atom. The van der Waals surface area contributed by atoms with Crippen molar-refractivity contribution in [1.29, 1.82) is 0 Å². The van der Waals surface area contributed by atoms with Crippen molar-refractivity contribution < 1.29 is 24.3 Å². The van der Waals surface area contributed by atoms with Gasteiger partial charge in [-0.3, -0.25) is 19.2 Å². The molecule has 0 fully saturated rings. The van der Waals surface area contributed by atoms with E-state index in [4.69, 9.17) is 5.11 Å². The van der Waals surface area contributed by atoms with E-state index in [1.165, 1.54) is 6.92 Å². The number of carboxylic acids is 1. The first-order valence-corrected chi connectivity index (χ1v) is 6.52. The molecule has 8 nitrogen and oxygen atoms in total. The number of carboxylic acid groups (broad SMARTS) is 1. The van der Waals surface area contributed by atoms with E-state index in [9.17, 15) is 19.2 Å². The summed E-state index contributed by atoms with van der Waals surface area (Å²) >= 11 is 0. The number of carbonyl (C=O) groups is 4. The minimum Gasteiger partial charge on any atom is -0.480 e. The maximum atomic E-state index is 11.7. The van der Waals surface area contributed by atoms with Crippen LogP contribution in [-0.4, -0.2) is 47.9 Å². The third kappa shape index (κ3) is 6.04. The Morgan fingerprint density at radius 1 is 1.05 bits per heavy atom. The highest BCUT2D eigenvalue weighted by Crippen LogP contribution is 1.97. The van der Waals surface area contributed by atoms with Gasteiger partial charge in [0.25, 0.3) is 5.91 Å². The molecule has 22 heavy (non-hydrogen) atoms. The van der Waals surface area contributed by atoms with Crippen LogP contribution >= 0.6 is 0 Å². The van der Waals surface area contributed by atoms with Crippen LogP contribution in [0.25, 0.3) is 0 Å². The Bertz CT molecular complexity index is 559. The molecule has 8 heteroatoms. The van der Waals surface area contributed by atoms with Gasteiger partial charge in [-0.1, -0.05) is 18.2 Å². The Morgan fingerprint density at radius 3 is 2.27 bits per heavy atom. The van der Waals surface area contributed by atoms with Crippen LogP contribution in [0, 0.1) is 0 Å². The lowest BCUT2D eigenvalue weighted by atomic mass is 10.2. The number of hydrogen-bond donors (Lipinski definition) is 4. The molecule has 0 saturated heterocycles. The predicted molar refractivity (Wildman–Crippen MR) is 77.0 cm³/mol. The van der Waals surface area contributed by atoms with Gasteiger partial charge in [0.05, 0.1) is 6.54 Å². The Labute approximate surface area is 126 Å². The van der Waals surface area contributed by atoms with E-state index in [0.29, 0.717) is 5.56 Å². The summed E-state index contributed by atoms with van der Waals surface area (Å²) in [7, 11) is 0. The van der Waals surface area contributed by atoms with Gasteiger partial charge in [0.1, 0.15) is 12.6 Å². The first-order chi connectivity index (χ1) is 10.4. The molecule has 0 bridgehead atoms. The van der Waals surface area contributed by atoms with Crippen LogP contribution in [0.15, 0.2) is 30.3 Å². The van der Waals surface area contributed by atoms with Crippen LogP contribution in [0.2, 0.25) is 0 Å². The third-order valence-corrected chi connectivity index (χ3v) is 2.63. The molecule has 0 radical (unpaired) electrons. The topological polar surface area (TPSA) is 125 Å². The zero-order valence-corrected chi connectivity index (χ0v) is 12.0. The lowest BCUT2D eigenvalue weighted by molar-refractivity contribution is -0.138. The summed E-state index contributed by atoms with van der Waals surface area (Å²) in [4.78, 5) is 45.1. The average Bonchev–Trinajstić information content (AvgIpc) is 2.50. The van der Waals surface area contributed by atoms with Gasteiger partial charge in [0.15, 0.2) is 0 Å². The molecule has 0 aliphatic carbocycles. The standard InChI is InChI=1S/C14H17N3O5/c1-9(13(21)16-8-12(19)20)17-11(18)7-15-14(22)10-5-3-2-4-6-10/h2-6,9H,7-8H2,1H3,(H,15,22)(H,16,21)(H,17,18)(H,19,20)/t9-/m0/s1. The molecule has 4 N–H and O–H groups in total. The second-order valence-electron chi connectivity index (χ2n) is 4.45. The zero-order chi connectivity index (χ0) is 16.5. The van der Waals surface area contributed by atoms with Crippen LogP contribution < -0.4 is 16.0 Å². The number of carbonyl (C=O) groups excluding carboxylic acids is 3. The molecular formula is C14H17N3O5. The summed E-state index contributed by atoms with van der Waals surface area (Å²) < 4.78 is 0. The fourth-order valence-electron chi connectivity index (χ4n) is 1.53. The zero-order valence-electron chi connectivity index (χ0n) is 12.0. The Kier molecular flexibility index (Phi) is 6.55. The van der Waals surface area contributed by atoms with Gasteiger partial charge < -0.3 is 21.1 Å². The average molecular weight is 307 g/mol. The predicted octanol–water partition coefficient (Wildman–Crippen LogP) is -0.878. The van der Waals surface area contributed by atoms with Crippen LogP contribution in [0.5, 0.6) is 0 Å². The molecule has 3 amide bonds. The van der Waals surface area contributed by atoms with E-state index in [0.717, 1.165) is 0 Å². The smallest absolute Gasteiger partial charge is 0.322 e. The molecule has 1 atom stereocenters. The van der Waals surface area contributed by atoms with E-state index in [-0.39, 0.29) is 6.54 Å². The van der Waals surface area contributed by atoms with Crippen molar-refractivity contribution in [1.82, 2.24) is 16.0 Å². The summed E-state index contributed by atoms with van der Waals surface area (Å²) in [6, 6.07) is 7.47. The fraction of sp³-hybridized carbons (Fsp3) is 0.286. The van der Waals surface area contributed by atoms with Gasteiger partial charge in [0, 0.05) is 5.56 Å². The molecule has 1 aromatic rings. The van der Waals surface area contributed by atoms with Crippen molar-refractivity contribution in [2.24, 2.45) is 0 Å². The molecular weight excluding hydrogens is 290 g/mol. The van der Waals surface area contributed by atoms with E-state index in [1.54, 1.807) is 30.3 Å². The number of benzene rings is 1. The van der Waals surface area contributed by atoms with Crippen LogP contribution in [0.1, 0.15) is 17.3 Å². The quantitative estimate of drug-likeness (QED) is 0.521. The minimum absolute atomic E-state index is 0.287. The highest BCUT2D eigenvalue weighted by atomic mass is 16.4. The summed E-state index contributed by atoms with van der Waals surface area (Å²) in [5.41, 5.74) is 0.419. The first kappa shape index (κ1) is 17.2. The van der Waals surface area contributed by atoms with Crippen molar-refractivity contribution in [2.75, 3.05) is 13.1 Å². The van der Waals surface area contributed by atoms with E-state index in [1.807, 2.05) is 0 Å². The van der Waals surface area contributed by atoms with Gasteiger partial charge in [0.2, 0.25) is 11.8 Å². The van der Waals surface area contributed by atoms with Crippen molar-refractivity contribution in [3.8, 4) is 0 Å². The molecule has 0 aliphatic heterocycles. The normalized spacial score (nSPS) is 11.1. The largest absolute Gasteiger partial charge is 0.480 e. The number of rotatable bonds is 7. The molecule has 0 heterocycles. The summed E-state index contributed by atoms with van der Waals surface area (Å²) in [5.74, 6) is -2.76. The van der Waals surface area contributed by atoms with Crippen molar-refractivity contribution in [3.63, 3.8) is 0 Å². The van der Waals surface area contributed by atoms with Crippen molar-refractivity contribution >= 4 is 23.7 Å². The maximum absolute atomic E-state index is 11.7. The van der Waals surface area contributed by atoms with Crippen LogP contribution in [0.4, 0.5) is 0 Å². The molecule has 0 unspecified atom stereocenters. The van der Waals surface area contributed by atoms with Gasteiger partial charge >= 0.3 is 5.97 Å². The maximum Gasteiger partial charge on any atom is 0.322 e. The molecule has 0 aliphatic rings. The van der Waals surface area contributed by atoms with Gasteiger partial charge in [-0.2, -0.15) is 0 Å².